The zero-order valence-electron chi connectivity index (χ0n) is 18.1. The molecule has 5 rings (SSSR count). The van der Waals surface area contributed by atoms with Gasteiger partial charge in [-0.1, -0.05) is 13.0 Å². The minimum Gasteiger partial charge on any atom is -0.343 e. The number of carbonyl (C=O) groups excluding carboxylic acids is 1. The second-order valence-corrected chi connectivity index (χ2v) is 8.88. The summed E-state index contributed by atoms with van der Waals surface area (Å²) in [4.78, 5) is 13.6. The van der Waals surface area contributed by atoms with Crippen molar-refractivity contribution in [2.24, 2.45) is 0 Å². The number of hydrogen-bond donors (Lipinski definition) is 1. The van der Waals surface area contributed by atoms with Gasteiger partial charge in [0.25, 0.3) is 0 Å². The number of hydrogen-bond acceptors (Lipinski definition) is 2. The van der Waals surface area contributed by atoms with Crippen molar-refractivity contribution in [1.29, 1.82) is 0 Å². The number of nitrogens with one attached hydrogen (secondary N) is 1. The van der Waals surface area contributed by atoms with Crippen LogP contribution < -0.4 is 4.68 Å². The zero-order valence-corrected chi connectivity index (χ0v) is 18.1. The van der Waals surface area contributed by atoms with Crippen molar-refractivity contribution in [2.45, 2.75) is 70.9 Å². The van der Waals surface area contributed by atoms with Crippen LogP contribution in [0.25, 0.3) is 22.2 Å². The Bertz CT molecular complexity index is 1050. The van der Waals surface area contributed by atoms with Gasteiger partial charge in [-0.2, -0.15) is 10.2 Å². The van der Waals surface area contributed by atoms with Crippen molar-refractivity contribution in [3.8, 4) is 11.3 Å². The van der Waals surface area contributed by atoms with E-state index >= 15 is 0 Å². The van der Waals surface area contributed by atoms with Gasteiger partial charge in [0.05, 0.1) is 22.8 Å². The van der Waals surface area contributed by atoms with Gasteiger partial charge in [-0.15, -0.1) is 4.68 Å². The first-order chi connectivity index (χ1) is 14.7. The highest BCUT2D eigenvalue weighted by Crippen LogP contribution is 2.32. The van der Waals surface area contributed by atoms with Crippen LogP contribution in [-0.4, -0.2) is 38.8 Å². The summed E-state index contributed by atoms with van der Waals surface area (Å²) in [6.07, 6.45) is 10.0. The lowest BCUT2D eigenvalue weighted by molar-refractivity contribution is -0.750. The fraction of sp³-hybridized carbons (Fsp3) is 0.542. The first-order valence-corrected chi connectivity index (χ1v) is 11.5. The minimum atomic E-state index is 0.176. The monoisotopic (exact) mass is 406 g/mol. The molecule has 3 aromatic rings. The summed E-state index contributed by atoms with van der Waals surface area (Å²) >= 11 is 0. The van der Waals surface area contributed by atoms with E-state index in [-0.39, 0.29) is 5.91 Å². The Morgan fingerprint density at radius 2 is 1.93 bits per heavy atom. The molecule has 1 aliphatic heterocycles. The molecule has 1 N–H and O–H groups in total. The number of aromatic amines is 1. The molecular formula is C24H32N5O+. The summed E-state index contributed by atoms with van der Waals surface area (Å²) in [5.41, 5.74) is 5.04. The first-order valence-electron chi connectivity index (χ1n) is 11.5. The second kappa shape index (κ2) is 7.89. The van der Waals surface area contributed by atoms with Gasteiger partial charge >= 0.3 is 0 Å². The number of piperidine rings is 1. The van der Waals surface area contributed by atoms with Crippen molar-refractivity contribution < 1.29 is 9.48 Å². The quantitative estimate of drug-likeness (QED) is 0.661. The first kappa shape index (κ1) is 19.3. The normalized spacial score (nSPS) is 18.5. The lowest BCUT2D eigenvalue weighted by Gasteiger charge is -2.32. The van der Waals surface area contributed by atoms with Crippen LogP contribution in [0.2, 0.25) is 0 Å². The Kier molecular flexibility index (Phi) is 5.09. The fourth-order valence-corrected chi connectivity index (χ4v) is 5.39. The summed E-state index contributed by atoms with van der Waals surface area (Å²) in [7, 11) is 0. The number of aromatic nitrogens is 4. The smallest absolute Gasteiger partial charge is 0.239 e. The van der Waals surface area contributed by atoms with Crippen LogP contribution in [0.5, 0.6) is 0 Å². The maximum absolute atomic E-state index is 11.7. The zero-order chi connectivity index (χ0) is 20.7. The van der Waals surface area contributed by atoms with Crippen LogP contribution in [0.15, 0.2) is 30.5 Å². The molecule has 158 valence electrons. The van der Waals surface area contributed by atoms with Crippen molar-refractivity contribution >= 4 is 16.8 Å². The standard InChI is InChI=1S/C24H31N5O/c1-3-22-21-9-8-18(16-24(21)29(26-22)19-6-4-5-7-19)23-10-13-25-28(23)20-11-14-27(15-12-20)17(2)30/h8-10,13,16,19-20H,3-7,11-12,14-15H2,1-2H3/p+1. The van der Waals surface area contributed by atoms with Crippen LogP contribution >= 0.6 is 0 Å². The molecule has 0 spiro atoms. The second-order valence-electron chi connectivity index (χ2n) is 8.88. The SMILES string of the molecule is CCc1[nH][n+](C2CCCC2)c2cc(-c3ccnn3C3CCN(C(C)=O)CC3)ccc12. The minimum absolute atomic E-state index is 0.176. The highest BCUT2D eigenvalue weighted by molar-refractivity contribution is 5.83. The van der Waals surface area contributed by atoms with Crippen LogP contribution in [0.4, 0.5) is 0 Å². The summed E-state index contributed by atoms with van der Waals surface area (Å²) in [5, 5.41) is 9.73. The molecule has 0 unspecified atom stereocenters. The highest BCUT2D eigenvalue weighted by atomic mass is 16.2. The van der Waals surface area contributed by atoms with E-state index in [9.17, 15) is 4.79 Å². The number of H-pyrrole nitrogens is 1. The van der Waals surface area contributed by atoms with Gasteiger partial charge in [0.2, 0.25) is 11.4 Å². The third-order valence-electron chi connectivity index (χ3n) is 7.10. The predicted molar refractivity (Wildman–Crippen MR) is 117 cm³/mol. The van der Waals surface area contributed by atoms with E-state index in [0.717, 1.165) is 32.4 Å². The Balaban J connectivity index is 1.50. The van der Waals surface area contributed by atoms with Crippen LogP contribution in [-0.2, 0) is 11.2 Å². The molecule has 1 aromatic carbocycles. The molecule has 0 bridgehead atoms. The molecule has 0 atom stereocenters. The topological polar surface area (TPSA) is 57.8 Å². The molecule has 30 heavy (non-hydrogen) atoms. The predicted octanol–water partition coefficient (Wildman–Crippen LogP) is 4.18. The highest BCUT2D eigenvalue weighted by Gasteiger charge is 2.30. The number of nitrogens with zero attached hydrogens (tertiary/aromatic N) is 4. The molecule has 6 nitrogen and oxygen atoms in total. The van der Waals surface area contributed by atoms with Crippen LogP contribution in [0.3, 0.4) is 0 Å². The van der Waals surface area contributed by atoms with Crippen LogP contribution in [0.1, 0.15) is 70.2 Å². The number of fused-ring (bicyclic) bond motifs is 1. The van der Waals surface area contributed by atoms with Crippen molar-refractivity contribution in [3.63, 3.8) is 0 Å². The van der Waals surface area contributed by atoms with Crippen molar-refractivity contribution in [3.05, 3.63) is 36.2 Å². The number of benzene rings is 1. The number of amides is 1. The molecule has 2 aromatic heterocycles. The molecule has 0 radical (unpaired) electrons. The lowest BCUT2D eigenvalue weighted by Crippen LogP contribution is -2.40. The van der Waals surface area contributed by atoms with Gasteiger partial charge in [-0.25, -0.2) is 0 Å². The summed E-state index contributed by atoms with van der Waals surface area (Å²) in [5.74, 6) is 0.176. The molecule has 1 saturated carbocycles. The van der Waals surface area contributed by atoms with Gasteiger partial charge in [0.1, 0.15) is 0 Å². The number of carbonyl (C=O) groups is 1. The molecule has 6 heteroatoms. The fourth-order valence-electron chi connectivity index (χ4n) is 5.39. The molecule has 1 amide bonds. The summed E-state index contributed by atoms with van der Waals surface area (Å²) < 4.78 is 4.61. The van der Waals surface area contributed by atoms with Crippen molar-refractivity contribution in [1.82, 2.24) is 19.8 Å². The summed E-state index contributed by atoms with van der Waals surface area (Å²) in [6, 6.07) is 9.94. The van der Waals surface area contributed by atoms with E-state index in [1.165, 1.54) is 53.5 Å². The Morgan fingerprint density at radius 3 is 2.63 bits per heavy atom. The van der Waals surface area contributed by atoms with E-state index in [2.05, 4.69) is 50.8 Å². The van der Waals surface area contributed by atoms with E-state index in [1.807, 2.05) is 11.1 Å². The Morgan fingerprint density at radius 1 is 1.17 bits per heavy atom. The number of rotatable bonds is 4. The lowest BCUT2D eigenvalue weighted by atomic mass is 10.0. The number of aryl methyl sites for hydroxylation is 1. The van der Waals surface area contributed by atoms with Crippen molar-refractivity contribution in [2.75, 3.05) is 13.1 Å². The molecule has 1 saturated heterocycles. The van der Waals surface area contributed by atoms with Crippen LogP contribution in [0, 0.1) is 0 Å². The van der Waals surface area contributed by atoms with E-state index in [4.69, 9.17) is 0 Å². The molecule has 2 aliphatic rings. The molecular weight excluding hydrogens is 374 g/mol. The molecule has 3 heterocycles. The third-order valence-corrected chi connectivity index (χ3v) is 7.10. The summed E-state index contributed by atoms with van der Waals surface area (Å²) in [6.45, 7) is 5.52. The van der Waals surface area contributed by atoms with Gasteiger partial charge in [-0.05, 0) is 44.2 Å². The molecule has 2 fully saturated rings. The average Bonchev–Trinajstić information content (AvgIpc) is 3.52. The number of likely N-dealkylation sites (tertiary alicyclic amines) is 1. The van der Waals surface area contributed by atoms with Gasteiger partial charge in [-0.3, -0.25) is 9.48 Å². The van der Waals surface area contributed by atoms with Gasteiger partial charge in [0, 0.05) is 50.7 Å². The maximum atomic E-state index is 11.7. The van der Waals surface area contributed by atoms with E-state index < -0.39 is 0 Å². The molecule has 1 aliphatic carbocycles. The Hall–Kier alpha value is -2.63. The van der Waals surface area contributed by atoms with E-state index in [1.54, 1.807) is 6.92 Å². The maximum Gasteiger partial charge on any atom is 0.239 e. The Labute approximate surface area is 177 Å². The van der Waals surface area contributed by atoms with E-state index in [0.29, 0.717) is 12.1 Å². The third kappa shape index (κ3) is 3.32. The average molecular weight is 407 g/mol. The van der Waals surface area contributed by atoms with Gasteiger partial charge < -0.3 is 4.90 Å². The van der Waals surface area contributed by atoms with Gasteiger partial charge in [0.15, 0.2) is 6.04 Å². The largest absolute Gasteiger partial charge is 0.343 e.